The highest BCUT2D eigenvalue weighted by Crippen LogP contribution is 2.37. The summed E-state index contributed by atoms with van der Waals surface area (Å²) in [4.78, 5) is 13.8. The zero-order valence-electron chi connectivity index (χ0n) is 16.5. The number of alkyl halides is 3. The van der Waals surface area contributed by atoms with Crippen molar-refractivity contribution >= 4 is 17.2 Å². The van der Waals surface area contributed by atoms with Gasteiger partial charge in [0.1, 0.15) is 19.0 Å². The summed E-state index contributed by atoms with van der Waals surface area (Å²) >= 11 is 1.29. The van der Waals surface area contributed by atoms with Crippen molar-refractivity contribution in [3.63, 3.8) is 0 Å². The summed E-state index contributed by atoms with van der Waals surface area (Å²) in [6.07, 6.45) is -5.87. The van der Waals surface area contributed by atoms with Crippen molar-refractivity contribution in [3.05, 3.63) is 65.0 Å². The second kappa shape index (κ2) is 9.09. The fourth-order valence-corrected chi connectivity index (χ4v) is 4.02. The number of thiophene rings is 1. The molecule has 6 nitrogen and oxygen atoms in total. The van der Waals surface area contributed by atoms with Gasteiger partial charge < -0.3 is 24.6 Å². The van der Waals surface area contributed by atoms with Crippen molar-refractivity contribution in [2.24, 2.45) is 0 Å². The zero-order chi connectivity index (χ0) is 22.7. The lowest BCUT2D eigenvalue weighted by Crippen LogP contribution is -2.27. The number of benzene rings is 2. The van der Waals surface area contributed by atoms with Gasteiger partial charge in [0.25, 0.3) is 5.91 Å². The van der Waals surface area contributed by atoms with Crippen molar-refractivity contribution in [3.8, 4) is 27.7 Å². The molecule has 0 fully saturated rings. The Morgan fingerprint density at radius 1 is 1.06 bits per heavy atom. The number of halogens is 3. The maximum atomic E-state index is 12.5. The largest absolute Gasteiger partial charge is 0.573 e. The summed E-state index contributed by atoms with van der Waals surface area (Å²) in [7, 11) is 0. The van der Waals surface area contributed by atoms with Gasteiger partial charge in [0.2, 0.25) is 0 Å². The van der Waals surface area contributed by atoms with Crippen LogP contribution >= 0.6 is 11.3 Å². The molecule has 0 radical (unpaired) electrons. The van der Waals surface area contributed by atoms with Gasteiger partial charge in [-0.25, -0.2) is 0 Å². The van der Waals surface area contributed by atoms with E-state index in [0.717, 1.165) is 22.6 Å². The first-order valence-corrected chi connectivity index (χ1v) is 10.4. The molecule has 1 aliphatic heterocycles. The lowest BCUT2D eigenvalue weighted by Gasteiger charge is -2.18. The van der Waals surface area contributed by atoms with Crippen LogP contribution in [-0.4, -0.2) is 37.1 Å². The Morgan fingerprint density at radius 3 is 2.50 bits per heavy atom. The van der Waals surface area contributed by atoms with Gasteiger partial charge in [-0.2, -0.15) is 0 Å². The van der Waals surface area contributed by atoms with Gasteiger partial charge in [-0.15, -0.1) is 24.5 Å². The van der Waals surface area contributed by atoms with E-state index >= 15 is 0 Å². The molecule has 168 valence electrons. The minimum atomic E-state index is -4.78. The second-order valence-corrected chi connectivity index (χ2v) is 7.95. The molecule has 3 aromatic rings. The molecule has 1 unspecified atom stereocenters. The normalized spacial score (nSPS) is 14.0. The predicted molar refractivity (Wildman–Crippen MR) is 111 cm³/mol. The maximum absolute atomic E-state index is 12.5. The molecule has 0 spiro atoms. The third-order valence-corrected chi connectivity index (χ3v) is 5.74. The molecule has 0 saturated carbocycles. The fourth-order valence-electron chi connectivity index (χ4n) is 3.10. The van der Waals surface area contributed by atoms with Crippen LogP contribution in [0.2, 0.25) is 0 Å². The van der Waals surface area contributed by atoms with Crippen LogP contribution in [0.15, 0.2) is 54.6 Å². The Labute approximate surface area is 185 Å². The fraction of sp³-hybridized carbons (Fsp3) is 0.227. The molecular formula is C22H18F3NO5S. The molecule has 1 aliphatic rings. The van der Waals surface area contributed by atoms with Crippen LogP contribution in [0.5, 0.6) is 17.2 Å². The lowest BCUT2D eigenvalue weighted by atomic mass is 10.1. The number of hydrogen-bond acceptors (Lipinski definition) is 6. The minimum absolute atomic E-state index is 0.102. The van der Waals surface area contributed by atoms with E-state index in [9.17, 15) is 23.1 Å². The van der Waals surface area contributed by atoms with Gasteiger partial charge in [-0.3, -0.25) is 4.79 Å². The molecule has 2 heterocycles. The number of hydrogen-bond donors (Lipinski definition) is 2. The van der Waals surface area contributed by atoms with E-state index in [1.165, 1.54) is 23.5 Å². The third kappa shape index (κ3) is 5.32. The number of rotatable bonds is 6. The Kier molecular flexibility index (Phi) is 6.24. The van der Waals surface area contributed by atoms with Crippen LogP contribution < -0.4 is 19.5 Å². The van der Waals surface area contributed by atoms with Crippen LogP contribution in [0.1, 0.15) is 21.3 Å². The molecular weight excluding hydrogens is 447 g/mol. The smallest absolute Gasteiger partial charge is 0.486 e. The zero-order valence-corrected chi connectivity index (χ0v) is 17.3. The van der Waals surface area contributed by atoms with Crippen LogP contribution in [-0.2, 0) is 0 Å². The van der Waals surface area contributed by atoms with E-state index in [-0.39, 0.29) is 18.2 Å². The average molecular weight is 465 g/mol. The highest BCUT2D eigenvalue weighted by Gasteiger charge is 2.31. The number of fused-ring (bicyclic) bond motifs is 1. The number of nitrogens with one attached hydrogen (secondary N) is 1. The van der Waals surface area contributed by atoms with Crippen molar-refractivity contribution in [1.29, 1.82) is 0 Å². The van der Waals surface area contributed by atoms with E-state index in [4.69, 9.17) is 9.47 Å². The molecule has 0 bridgehead atoms. The summed E-state index contributed by atoms with van der Waals surface area (Å²) < 4.78 is 51.6. The summed E-state index contributed by atoms with van der Waals surface area (Å²) in [5.41, 5.74) is 1.24. The molecule has 4 rings (SSSR count). The first-order chi connectivity index (χ1) is 15.3. The van der Waals surface area contributed by atoms with Gasteiger partial charge >= 0.3 is 6.36 Å². The molecule has 10 heteroatoms. The molecule has 2 aromatic carbocycles. The maximum Gasteiger partial charge on any atom is 0.573 e. The SMILES string of the molecule is O=C(NCC(O)c1ccc(OC(F)(F)F)cc1)c1ccc(-c2ccc3c(c2)OCCO3)s1. The van der Waals surface area contributed by atoms with Gasteiger partial charge in [-0.05, 0) is 53.6 Å². The Bertz CT molecular complexity index is 1100. The lowest BCUT2D eigenvalue weighted by molar-refractivity contribution is -0.274. The molecule has 1 amide bonds. The molecule has 0 saturated heterocycles. The van der Waals surface area contributed by atoms with E-state index in [1.54, 1.807) is 6.07 Å². The quantitative estimate of drug-likeness (QED) is 0.559. The molecule has 0 aliphatic carbocycles. The number of ether oxygens (including phenoxy) is 3. The number of aliphatic hydroxyl groups is 1. The van der Waals surface area contributed by atoms with E-state index in [2.05, 4.69) is 10.1 Å². The Hall–Kier alpha value is -3.24. The topological polar surface area (TPSA) is 77.0 Å². The molecule has 1 aromatic heterocycles. The van der Waals surface area contributed by atoms with Gasteiger partial charge in [0, 0.05) is 11.4 Å². The molecule has 32 heavy (non-hydrogen) atoms. The van der Waals surface area contributed by atoms with Gasteiger partial charge in [0.05, 0.1) is 11.0 Å². The number of aliphatic hydroxyl groups excluding tert-OH is 1. The standard InChI is InChI=1S/C22H18F3NO5S/c23-22(24,25)31-15-4-1-13(2-5-15)16(27)12-26-21(28)20-8-7-19(32-20)14-3-6-17-18(11-14)30-10-9-29-17/h1-8,11,16,27H,9-10,12H2,(H,26,28). The first-order valence-electron chi connectivity index (χ1n) is 9.60. The van der Waals surface area contributed by atoms with E-state index in [1.807, 2.05) is 24.3 Å². The number of amides is 1. The van der Waals surface area contributed by atoms with Crippen molar-refractivity contribution < 1.29 is 37.3 Å². The first kappa shape index (κ1) is 22.0. The average Bonchev–Trinajstić information content (AvgIpc) is 3.27. The number of carbonyl (C=O) groups is 1. The molecule has 2 N–H and O–H groups in total. The van der Waals surface area contributed by atoms with Crippen molar-refractivity contribution in [2.75, 3.05) is 19.8 Å². The van der Waals surface area contributed by atoms with Crippen molar-refractivity contribution in [2.45, 2.75) is 12.5 Å². The number of carbonyl (C=O) groups excluding carboxylic acids is 1. The minimum Gasteiger partial charge on any atom is -0.486 e. The second-order valence-electron chi connectivity index (χ2n) is 6.86. The predicted octanol–water partition coefficient (Wildman–Crippen LogP) is 4.55. The van der Waals surface area contributed by atoms with Gasteiger partial charge in [-0.1, -0.05) is 12.1 Å². The summed E-state index contributed by atoms with van der Waals surface area (Å²) in [5.74, 6) is 0.585. The highest BCUT2D eigenvalue weighted by atomic mass is 32.1. The van der Waals surface area contributed by atoms with Crippen LogP contribution in [0.4, 0.5) is 13.2 Å². The van der Waals surface area contributed by atoms with E-state index in [0.29, 0.717) is 35.2 Å². The Morgan fingerprint density at radius 2 is 1.78 bits per heavy atom. The Balaban J connectivity index is 1.35. The highest BCUT2D eigenvalue weighted by molar-refractivity contribution is 7.17. The van der Waals surface area contributed by atoms with Crippen LogP contribution in [0, 0.1) is 0 Å². The monoisotopic (exact) mass is 465 g/mol. The summed E-state index contributed by atoms with van der Waals surface area (Å²) in [5, 5.41) is 12.9. The van der Waals surface area contributed by atoms with Gasteiger partial charge in [0.15, 0.2) is 11.5 Å². The van der Waals surface area contributed by atoms with Crippen LogP contribution in [0.25, 0.3) is 10.4 Å². The molecule has 1 atom stereocenters. The van der Waals surface area contributed by atoms with E-state index < -0.39 is 12.5 Å². The summed E-state index contributed by atoms with van der Waals surface area (Å²) in [6, 6.07) is 13.9. The summed E-state index contributed by atoms with van der Waals surface area (Å²) in [6.45, 7) is 0.886. The third-order valence-electron chi connectivity index (χ3n) is 4.61. The van der Waals surface area contributed by atoms with Crippen LogP contribution in [0.3, 0.4) is 0 Å². The van der Waals surface area contributed by atoms with Crippen molar-refractivity contribution in [1.82, 2.24) is 5.32 Å².